The van der Waals surface area contributed by atoms with Crippen LogP contribution in [-0.2, 0) is 0 Å². The van der Waals surface area contributed by atoms with Crippen LogP contribution in [0, 0.1) is 11.7 Å². The third-order valence-electron chi connectivity index (χ3n) is 4.59. The molecule has 0 saturated carbocycles. The molecule has 1 N–H and O–H groups in total. The molecule has 0 radical (unpaired) electrons. The molecule has 1 aliphatic rings. The quantitative estimate of drug-likeness (QED) is 0.835. The summed E-state index contributed by atoms with van der Waals surface area (Å²) in [6.45, 7) is 5.80. The van der Waals surface area contributed by atoms with E-state index < -0.39 is 0 Å². The monoisotopic (exact) mass is 293 g/mol. The van der Waals surface area contributed by atoms with Crippen LogP contribution in [0.4, 0.5) is 4.39 Å². The summed E-state index contributed by atoms with van der Waals surface area (Å²) in [7, 11) is 1.95. The molecule has 1 aromatic heterocycles. The van der Waals surface area contributed by atoms with E-state index in [1.807, 2.05) is 7.05 Å². The van der Waals surface area contributed by atoms with E-state index in [0.29, 0.717) is 0 Å². The van der Waals surface area contributed by atoms with Crippen molar-refractivity contribution in [2.24, 2.45) is 5.92 Å². The molecule has 118 valence electrons. The van der Waals surface area contributed by atoms with Crippen LogP contribution in [0.5, 0.6) is 0 Å². The Kier molecular flexibility index (Phi) is 6.58. The first kappa shape index (κ1) is 16.4. The Labute approximate surface area is 127 Å². The molecule has 21 heavy (non-hydrogen) atoms. The number of piperidine rings is 1. The molecule has 0 aliphatic carbocycles. The van der Waals surface area contributed by atoms with Crippen LogP contribution in [0.1, 0.15) is 50.8 Å². The van der Waals surface area contributed by atoms with Crippen LogP contribution in [0.3, 0.4) is 0 Å². The summed E-state index contributed by atoms with van der Waals surface area (Å²) in [5.74, 6) is 0.664. The second-order valence-electron chi connectivity index (χ2n) is 6.10. The molecular weight excluding hydrogens is 265 g/mol. The summed E-state index contributed by atoms with van der Waals surface area (Å²) in [4.78, 5) is 6.75. The number of aromatic nitrogens is 1. The maximum absolute atomic E-state index is 12.9. The van der Waals surface area contributed by atoms with Crippen molar-refractivity contribution in [1.82, 2.24) is 15.2 Å². The Morgan fingerprint density at radius 3 is 2.71 bits per heavy atom. The van der Waals surface area contributed by atoms with Gasteiger partial charge in [-0.3, -0.25) is 4.98 Å². The highest BCUT2D eigenvalue weighted by Crippen LogP contribution is 2.23. The first-order valence-electron chi connectivity index (χ1n) is 8.24. The predicted molar refractivity (Wildman–Crippen MR) is 84.7 cm³/mol. The minimum absolute atomic E-state index is 0.207. The SMILES string of the molecule is CCCC1CCN(CCC(NC)c2ccc(F)cn2)CC1. The molecule has 3 nitrogen and oxygen atoms in total. The van der Waals surface area contributed by atoms with Crippen LogP contribution >= 0.6 is 0 Å². The largest absolute Gasteiger partial charge is 0.312 e. The Morgan fingerprint density at radius 1 is 1.38 bits per heavy atom. The first-order chi connectivity index (χ1) is 10.2. The first-order valence-corrected chi connectivity index (χ1v) is 8.24. The van der Waals surface area contributed by atoms with Gasteiger partial charge in [-0.2, -0.15) is 0 Å². The number of hydrogen-bond donors (Lipinski definition) is 1. The predicted octanol–water partition coefficient (Wildman–Crippen LogP) is 3.38. The number of rotatable bonds is 7. The highest BCUT2D eigenvalue weighted by Gasteiger charge is 2.19. The van der Waals surface area contributed by atoms with Crippen LogP contribution in [0.2, 0.25) is 0 Å². The van der Waals surface area contributed by atoms with E-state index in [-0.39, 0.29) is 11.9 Å². The van der Waals surface area contributed by atoms with E-state index in [9.17, 15) is 4.39 Å². The summed E-state index contributed by atoms with van der Waals surface area (Å²) in [5.41, 5.74) is 0.930. The van der Waals surface area contributed by atoms with E-state index in [1.165, 1.54) is 51.0 Å². The van der Waals surface area contributed by atoms with Crippen molar-refractivity contribution < 1.29 is 4.39 Å². The van der Waals surface area contributed by atoms with E-state index >= 15 is 0 Å². The lowest BCUT2D eigenvalue weighted by molar-refractivity contribution is 0.172. The van der Waals surface area contributed by atoms with Gasteiger partial charge < -0.3 is 10.2 Å². The smallest absolute Gasteiger partial charge is 0.141 e. The Bertz CT molecular complexity index is 399. The minimum Gasteiger partial charge on any atom is -0.312 e. The van der Waals surface area contributed by atoms with Gasteiger partial charge in [0, 0.05) is 0 Å². The van der Waals surface area contributed by atoms with Gasteiger partial charge in [-0.15, -0.1) is 0 Å². The van der Waals surface area contributed by atoms with Crippen molar-refractivity contribution in [3.8, 4) is 0 Å². The highest BCUT2D eigenvalue weighted by atomic mass is 19.1. The van der Waals surface area contributed by atoms with Gasteiger partial charge in [0.1, 0.15) is 5.82 Å². The van der Waals surface area contributed by atoms with Crippen molar-refractivity contribution in [3.05, 3.63) is 29.8 Å². The second-order valence-corrected chi connectivity index (χ2v) is 6.10. The van der Waals surface area contributed by atoms with Crippen molar-refractivity contribution in [2.45, 2.75) is 45.1 Å². The van der Waals surface area contributed by atoms with Gasteiger partial charge in [-0.25, -0.2) is 4.39 Å². The minimum atomic E-state index is -0.272. The van der Waals surface area contributed by atoms with Crippen molar-refractivity contribution in [3.63, 3.8) is 0 Å². The molecule has 1 atom stereocenters. The van der Waals surface area contributed by atoms with E-state index in [2.05, 4.69) is 22.1 Å². The van der Waals surface area contributed by atoms with Crippen molar-refractivity contribution in [1.29, 1.82) is 0 Å². The number of hydrogen-bond acceptors (Lipinski definition) is 3. The summed E-state index contributed by atoms with van der Waals surface area (Å²) < 4.78 is 12.9. The lowest BCUT2D eigenvalue weighted by Gasteiger charge is -2.32. The Balaban J connectivity index is 1.77. The molecule has 1 saturated heterocycles. The second kappa shape index (κ2) is 8.44. The zero-order valence-electron chi connectivity index (χ0n) is 13.3. The van der Waals surface area contributed by atoms with Crippen LogP contribution in [0.15, 0.2) is 18.3 Å². The fourth-order valence-electron chi connectivity index (χ4n) is 3.25. The van der Waals surface area contributed by atoms with Crippen LogP contribution in [0.25, 0.3) is 0 Å². The summed E-state index contributed by atoms with van der Waals surface area (Å²) >= 11 is 0. The van der Waals surface area contributed by atoms with Crippen molar-refractivity contribution in [2.75, 3.05) is 26.7 Å². The fourth-order valence-corrected chi connectivity index (χ4v) is 3.25. The van der Waals surface area contributed by atoms with Crippen LogP contribution in [-0.4, -0.2) is 36.6 Å². The highest BCUT2D eigenvalue weighted by molar-refractivity contribution is 5.09. The molecule has 1 fully saturated rings. The number of likely N-dealkylation sites (tertiary alicyclic amines) is 1. The van der Waals surface area contributed by atoms with Gasteiger partial charge in [0.05, 0.1) is 17.9 Å². The maximum Gasteiger partial charge on any atom is 0.141 e. The summed E-state index contributed by atoms with van der Waals surface area (Å²) in [6, 6.07) is 3.48. The van der Waals surface area contributed by atoms with Gasteiger partial charge in [0.25, 0.3) is 0 Å². The summed E-state index contributed by atoms with van der Waals surface area (Å²) in [6.07, 6.45) is 7.69. The molecule has 4 heteroatoms. The lowest BCUT2D eigenvalue weighted by atomic mass is 9.92. The van der Waals surface area contributed by atoms with Gasteiger partial charge in [-0.05, 0) is 64.0 Å². The molecule has 1 aliphatic heterocycles. The number of halogens is 1. The molecule has 1 aromatic rings. The van der Waals surface area contributed by atoms with Gasteiger partial charge >= 0.3 is 0 Å². The lowest BCUT2D eigenvalue weighted by Crippen LogP contribution is -2.36. The fraction of sp³-hybridized carbons (Fsp3) is 0.706. The van der Waals surface area contributed by atoms with E-state index in [1.54, 1.807) is 6.07 Å². The van der Waals surface area contributed by atoms with Gasteiger partial charge in [0.2, 0.25) is 0 Å². The molecule has 1 unspecified atom stereocenters. The van der Waals surface area contributed by atoms with E-state index in [0.717, 1.165) is 24.6 Å². The number of nitrogens with zero attached hydrogens (tertiary/aromatic N) is 2. The average Bonchev–Trinajstić information content (AvgIpc) is 2.51. The third kappa shape index (κ3) is 5.04. The molecular formula is C17H28FN3. The van der Waals surface area contributed by atoms with Crippen molar-refractivity contribution >= 4 is 0 Å². The Hall–Kier alpha value is -1.00. The topological polar surface area (TPSA) is 28.2 Å². The Morgan fingerprint density at radius 2 is 2.14 bits per heavy atom. The van der Waals surface area contributed by atoms with Gasteiger partial charge in [-0.1, -0.05) is 19.8 Å². The summed E-state index contributed by atoms with van der Waals surface area (Å²) in [5, 5.41) is 3.29. The molecule has 2 heterocycles. The van der Waals surface area contributed by atoms with Gasteiger partial charge in [0.15, 0.2) is 0 Å². The molecule has 0 aromatic carbocycles. The van der Waals surface area contributed by atoms with E-state index in [4.69, 9.17) is 0 Å². The number of pyridine rings is 1. The average molecular weight is 293 g/mol. The third-order valence-corrected chi connectivity index (χ3v) is 4.59. The maximum atomic E-state index is 12.9. The zero-order chi connectivity index (χ0) is 15.1. The molecule has 2 rings (SSSR count). The standard InChI is InChI=1S/C17H28FN3/c1-3-4-14-7-10-21(11-8-14)12-9-16(19-2)17-6-5-15(18)13-20-17/h5-6,13-14,16,19H,3-4,7-12H2,1-2H3. The molecule has 0 spiro atoms. The molecule has 0 bridgehead atoms. The number of nitrogens with one attached hydrogen (secondary N) is 1. The zero-order valence-corrected chi connectivity index (χ0v) is 13.3. The normalized spacial score (nSPS) is 18.8. The molecule has 0 amide bonds. The van der Waals surface area contributed by atoms with Crippen LogP contribution < -0.4 is 5.32 Å².